The average Bonchev–Trinajstić information content (AvgIpc) is 1.83. The van der Waals surface area contributed by atoms with E-state index >= 15 is 0 Å². The van der Waals surface area contributed by atoms with Gasteiger partial charge in [0, 0.05) is 12.8 Å². The van der Waals surface area contributed by atoms with E-state index in [1.165, 1.54) is 6.92 Å². The molecule has 0 unspecified atom stereocenters. The molecule has 0 aromatic carbocycles. The first-order chi connectivity index (χ1) is 4.77. The molecule has 0 saturated heterocycles. The Morgan fingerprint density at radius 1 is 1.00 bits per heavy atom. The van der Waals surface area contributed by atoms with Crippen LogP contribution in [0.2, 0.25) is 0 Å². The zero-order valence-electron chi connectivity index (χ0n) is 7.88. The minimum absolute atomic E-state index is 0.0208. The van der Waals surface area contributed by atoms with Crippen molar-refractivity contribution in [3.63, 3.8) is 0 Å². The van der Waals surface area contributed by atoms with Crippen molar-refractivity contribution in [1.29, 1.82) is 0 Å². The highest BCUT2D eigenvalue weighted by atomic mass is 19.3. The number of hydrogen-bond donors (Lipinski definition) is 0. The first-order valence-electron chi connectivity index (χ1n) is 4.15. The summed E-state index contributed by atoms with van der Waals surface area (Å²) in [7, 11) is 0. The minimum Gasteiger partial charge on any atom is -0.207 e. The average molecular weight is 164 g/mol. The largest absolute Gasteiger partial charge is 0.247 e. The molecule has 68 valence electrons. The normalized spacial score (nSPS) is 13.6. The Labute approximate surface area is 68.0 Å². The molecule has 0 nitrogen and oxygen atoms in total. The maximum atomic E-state index is 12.7. The van der Waals surface area contributed by atoms with Crippen LogP contribution in [0.4, 0.5) is 8.78 Å². The van der Waals surface area contributed by atoms with Crippen LogP contribution in [0, 0.1) is 5.41 Å². The fraction of sp³-hybridized carbons (Fsp3) is 1.00. The molecule has 0 rings (SSSR count). The van der Waals surface area contributed by atoms with Gasteiger partial charge in [-0.25, -0.2) is 8.78 Å². The van der Waals surface area contributed by atoms with Crippen LogP contribution < -0.4 is 0 Å². The van der Waals surface area contributed by atoms with Crippen molar-refractivity contribution in [3.05, 3.63) is 0 Å². The summed E-state index contributed by atoms with van der Waals surface area (Å²) >= 11 is 0. The van der Waals surface area contributed by atoms with Crippen molar-refractivity contribution in [2.45, 2.75) is 52.9 Å². The Kier molecular flexibility index (Phi) is 3.46. The maximum Gasteiger partial charge on any atom is 0.247 e. The third-order valence-electron chi connectivity index (χ3n) is 1.76. The van der Waals surface area contributed by atoms with E-state index in [2.05, 4.69) is 0 Å². The lowest BCUT2D eigenvalue weighted by atomic mass is 9.88. The van der Waals surface area contributed by atoms with Gasteiger partial charge >= 0.3 is 0 Å². The van der Waals surface area contributed by atoms with Crippen molar-refractivity contribution in [2.24, 2.45) is 5.41 Å². The highest BCUT2D eigenvalue weighted by Gasteiger charge is 2.27. The molecule has 11 heavy (non-hydrogen) atoms. The molecule has 0 aromatic rings. The molecule has 0 aliphatic heterocycles. The molecule has 0 bridgehead atoms. The third kappa shape index (κ3) is 6.27. The molecule has 0 aliphatic rings. The van der Waals surface area contributed by atoms with Crippen molar-refractivity contribution >= 4 is 0 Å². The SMILES string of the molecule is CCC(F)(F)CCC(C)(C)C. The molecule has 0 aliphatic carbocycles. The van der Waals surface area contributed by atoms with Crippen LogP contribution >= 0.6 is 0 Å². The molecule has 2 heteroatoms. The molecule has 0 radical (unpaired) electrons. The van der Waals surface area contributed by atoms with E-state index < -0.39 is 5.92 Å². The number of rotatable bonds is 3. The molecule has 0 amide bonds. The predicted molar refractivity (Wildman–Crippen MR) is 43.9 cm³/mol. The lowest BCUT2D eigenvalue weighted by Crippen LogP contribution is -2.18. The van der Waals surface area contributed by atoms with E-state index in [0.717, 1.165) is 0 Å². The minimum atomic E-state index is -2.45. The standard InChI is InChI=1S/C9H18F2/c1-5-9(10,11)7-6-8(2,3)4/h5-7H2,1-4H3. The first kappa shape index (κ1) is 10.9. The van der Waals surface area contributed by atoms with E-state index in [-0.39, 0.29) is 18.3 Å². The first-order valence-corrected chi connectivity index (χ1v) is 4.15. The van der Waals surface area contributed by atoms with E-state index in [4.69, 9.17) is 0 Å². The van der Waals surface area contributed by atoms with Crippen molar-refractivity contribution in [1.82, 2.24) is 0 Å². The second-order valence-electron chi connectivity index (χ2n) is 4.27. The Bertz CT molecular complexity index is 111. The van der Waals surface area contributed by atoms with Crippen LogP contribution in [0.15, 0.2) is 0 Å². The lowest BCUT2D eigenvalue weighted by Gasteiger charge is -2.21. The molecule has 0 fully saturated rings. The van der Waals surface area contributed by atoms with Gasteiger partial charge in [0.25, 0.3) is 0 Å². The molecular weight excluding hydrogens is 146 g/mol. The van der Waals surface area contributed by atoms with Crippen LogP contribution in [0.3, 0.4) is 0 Å². The topological polar surface area (TPSA) is 0 Å². The van der Waals surface area contributed by atoms with Crippen LogP contribution in [-0.2, 0) is 0 Å². The lowest BCUT2D eigenvalue weighted by molar-refractivity contribution is -0.0205. The van der Waals surface area contributed by atoms with Gasteiger partial charge in [0.05, 0.1) is 0 Å². The Morgan fingerprint density at radius 3 is 1.73 bits per heavy atom. The summed E-state index contributed by atoms with van der Waals surface area (Å²) in [6.07, 6.45) is 0.573. The molecular formula is C9H18F2. The van der Waals surface area contributed by atoms with E-state index in [0.29, 0.717) is 6.42 Å². The van der Waals surface area contributed by atoms with Gasteiger partial charge in [-0.15, -0.1) is 0 Å². The smallest absolute Gasteiger partial charge is 0.207 e. The maximum absolute atomic E-state index is 12.7. The summed E-state index contributed by atoms with van der Waals surface area (Å²) in [5.41, 5.74) is 0.0264. The van der Waals surface area contributed by atoms with Gasteiger partial charge in [-0.05, 0) is 11.8 Å². The van der Waals surface area contributed by atoms with Crippen LogP contribution in [0.1, 0.15) is 47.0 Å². The van der Waals surface area contributed by atoms with E-state index in [1.807, 2.05) is 20.8 Å². The summed E-state index contributed by atoms with van der Waals surface area (Å²) in [4.78, 5) is 0. The van der Waals surface area contributed by atoms with E-state index in [9.17, 15) is 8.78 Å². The summed E-state index contributed by atoms with van der Waals surface area (Å²) in [5, 5.41) is 0. The zero-order valence-corrected chi connectivity index (χ0v) is 7.88. The third-order valence-corrected chi connectivity index (χ3v) is 1.76. The van der Waals surface area contributed by atoms with Crippen molar-refractivity contribution < 1.29 is 8.78 Å². The van der Waals surface area contributed by atoms with Gasteiger partial charge in [0.1, 0.15) is 0 Å². The quantitative estimate of drug-likeness (QED) is 0.594. The van der Waals surface area contributed by atoms with Crippen molar-refractivity contribution in [2.75, 3.05) is 0 Å². The fourth-order valence-corrected chi connectivity index (χ4v) is 0.735. The van der Waals surface area contributed by atoms with Gasteiger partial charge < -0.3 is 0 Å². The summed E-state index contributed by atoms with van der Waals surface area (Å²) in [6, 6.07) is 0. The molecule has 0 N–H and O–H groups in total. The highest BCUT2D eigenvalue weighted by molar-refractivity contribution is 4.69. The molecule has 0 aromatic heterocycles. The second-order valence-corrected chi connectivity index (χ2v) is 4.27. The van der Waals surface area contributed by atoms with Gasteiger partial charge in [0.15, 0.2) is 0 Å². The number of alkyl halides is 2. The van der Waals surface area contributed by atoms with Crippen LogP contribution in [-0.4, -0.2) is 5.92 Å². The summed E-state index contributed by atoms with van der Waals surface area (Å²) in [5.74, 6) is -2.45. The monoisotopic (exact) mass is 164 g/mol. The second kappa shape index (κ2) is 3.51. The number of hydrogen-bond acceptors (Lipinski definition) is 0. The summed E-state index contributed by atoms with van der Waals surface area (Å²) in [6.45, 7) is 7.48. The molecule has 0 atom stereocenters. The van der Waals surface area contributed by atoms with Gasteiger partial charge in [0.2, 0.25) is 5.92 Å². The van der Waals surface area contributed by atoms with Crippen LogP contribution in [0.5, 0.6) is 0 Å². The van der Waals surface area contributed by atoms with Gasteiger partial charge in [-0.3, -0.25) is 0 Å². The Balaban J connectivity index is 3.70. The molecule has 0 heterocycles. The predicted octanol–water partition coefficient (Wildman–Crippen LogP) is 3.86. The molecule has 0 spiro atoms. The zero-order chi connectivity index (χ0) is 9.12. The van der Waals surface area contributed by atoms with Gasteiger partial charge in [-0.2, -0.15) is 0 Å². The summed E-state index contributed by atoms with van der Waals surface area (Å²) < 4.78 is 25.4. The Hall–Kier alpha value is -0.140. The highest BCUT2D eigenvalue weighted by Crippen LogP contribution is 2.30. The molecule has 0 saturated carbocycles. The van der Waals surface area contributed by atoms with Gasteiger partial charge in [-0.1, -0.05) is 27.7 Å². The number of halogens is 2. The fourth-order valence-electron chi connectivity index (χ4n) is 0.735. The Morgan fingerprint density at radius 2 is 1.45 bits per heavy atom. The van der Waals surface area contributed by atoms with Crippen LogP contribution in [0.25, 0.3) is 0 Å². The van der Waals surface area contributed by atoms with Crippen molar-refractivity contribution in [3.8, 4) is 0 Å². The van der Waals surface area contributed by atoms with E-state index in [1.54, 1.807) is 0 Å².